The minimum absolute atomic E-state index is 0.0227. The number of nitrogens with one attached hydrogen (secondary N) is 1. The Kier molecular flexibility index (Phi) is 5.72. The maximum absolute atomic E-state index is 12.7. The summed E-state index contributed by atoms with van der Waals surface area (Å²) in [6, 6.07) is 10.0. The molecule has 0 radical (unpaired) electrons. The number of nitrogens with zero attached hydrogens (tertiary/aromatic N) is 2. The van der Waals surface area contributed by atoms with Gasteiger partial charge in [0.25, 0.3) is 5.91 Å². The Labute approximate surface area is 171 Å². The Morgan fingerprint density at radius 3 is 2.54 bits per heavy atom. The molecule has 1 amide bonds. The van der Waals surface area contributed by atoms with E-state index in [1.807, 2.05) is 17.0 Å². The van der Waals surface area contributed by atoms with Crippen LogP contribution in [0.4, 0.5) is 5.82 Å². The molecular weight excluding hydrogens is 374 g/mol. The first kappa shape index (κ1) is 19.1. The van der Waals surface area contributed by atoms with Crippen molar-refractivity contribution < 1.29 is 9.53 Å². The first-order valence-electron chi connectivity index (χ1n) is 10.0. The number of amides is 1. The Bertz CT molecular complexity index is 830. The van der Waals surface area contributed by atoms with Crippen LogP contribution in [-0.4, -0.2) is 36.0 Å². The number of likely N-dealkylation sites (tertiary alicyclic amines) is 1. The molecular formula is C22H26ClN3O2. The van der Waals surface area contributed by atoms with Crippen molar-refractivity contribution in [3.63, 3.8) is 0 Å². The van der Waals surface area contributed by atoms with Gasteiger partial charge in [0.2, 0.25) is 0 Å². The first-order valence-corrected chi connectivity index (χ1v) is 10.4. The Balaban J connectivity index is 1.50. The van der Waals surface area contributed by atoms with Gasteiger partial charge in [-0.15, -0.1) is 0 Å². The van der Waals surface area contributed by atoms with Crippen LogP contribution in [-0.2, 0) is 0 Å². The zero-order valence-corrected chi connectivity index (χ0v) is 16.9. The van der Waals surface area contributed by atoms with E-state index in [4.69, 9.17) is 16.3 Å². The average Bonchev–Trinajstić information content (AvgIpc) is 3.58. The van der Waals surface area contributed by atoms with E-state index in [0.717, 1.165) is 31.7 Å². The summed E-state index contributed by atoms with van der Waals surface area (Å²) in [5.41, 5.74) is 1.75. The molecule has 28 heavy (non-hydrogen) atoms. The van der Waals surface area contributed by atoms with Gasteiger partial charge in [-0.1, -0.05) is 23.7 Å². The van der Waals surface area contributed by atoms with Crippen molar-refractivity contribution in [3.05, 3.63) is 52.7 Å². The molecule has 2 aliphatic rings. The summed E-state index contributed by atoms with van der Waals surface area (Å²) in [7, 11) is 1.67. The van der Waals surface area contributed by atoms with Gasteiger partial charge in [-0.3, -0.25) is 4.79 Å². The highest BCUT2D eigenvalue weighted by atomic mass is 35.5. The summed E-state index contributed by atoms with van der Waals surface area (Å²) in [5, 5.41) is 3.99. The normalized spacial score (nSPS) is 17.9. The third-order valence-corrected chi connectivity index (χ3v) is 5.88. The molecule has 0 bridgehead atoms. The minimum atomic E-state index is 0.0227. The van der Waals surface area contributed by atoms with Crippen molar-refractivity contribution in [1.82, 2.24) is 9.88 Å². The standard InChI is InChI=1S/C22H26ClN3O2/c1-28-18-9-7-16(8-10-18)20(15-5-6-15)25-21-19(23)13-17(14-24-21)22(27)26-11-3-2-4-12-26/h7-10,13-15,20H,2-6,11-12H2,1H3,(H,24,25). The lowest BCUT2D eigenvalue weighted by Gasteiger charge is -2.27. The molecule has 1 saturated heterocycles. The fourth-order valence-corrected chi connectivity index (χ4v) is 4.02. The molecule has 2 aromatic rings. The molecule has 6 heteroatoms. The van der Waals surface area contributed by atoms with Crippen LogP contribution < -0.4 is 10.1 Å². The monoisotopic (exact) mass is 399 g/mol. The van der Waals surface area contributed by atoms with E-state index in [2.05, 4.69) is 22.4 Å². The summed E-state index contributed by atoms with van der Waals surface area (Å²) >= 11 is 6.50. The van der Waals surface area contributed by atoms with Crippen LogP contribution in [0.15, 0.2) is 36.5 Å². The van der Waals surface area contributed by atoms with E-state index >= 15 is 0 Å². The lowest BCUT2D eigenvalue weighted by molar-refractivity contribution is 0.0724. The molecule has 0 spiro atoms. The van der Waals surface area contributed by atoms with Gasteiger partial charge in [-0.2, -0.15) is 0 Å². The fraction of sp³-hybridized carbons (Fsp3) is 0.455. The Morgan fingerprint density at radius 1 is 1.21 bits per heavy atom. The van der Waals surface area contributed by atoms with Crippen LogP contribution in [0, 0.1) is 5.92 Å². The van der Waals surface area contributed by atoms with Gasteiger partial charge >= 0.3 is 0 Å². The number of halogens is 1. The van der Waals surface area contributed by atoms with Crippen LogP contribution in [0.25, 0.3) is 0 Å². The smallest absolute Gasteiger partial charge is 0.255 e. The summed E-state index contributed by atoms with van der Waals surface area (Å²) in [5.74, 6) is 2.06. The third-order valence-electron chi connectivity index (χ3n) is 5.59. The van der Waals surface area contributed by atoms with E-state index in [1.165, 1.54) is 24.8 Å². The lowest BCUT2D eigenvalue weighted by Crippen LogP contribution is -2.35. The number of ether oxygens (including phenoxy) is 1. The number of methoxy groups -OCH3 is 1. The number of rotatable bonds is 6. The van der Waals surface area contributed by atoms with Gasteiger partial charge in [-0.25, -0.2) is 4.98 Å². The lowest BCUT2D eigenvalue weighted by atomic mass is 10.0. The van der Waals surface area contributed by atoms with E-state index in [1.54, 1.807) is 19.4 Å². The second-order valence-electron chi connectivity index (χ2n) is 7.64. The second-order valence-corrected chi connectivity index (χ2v) is 8.05. The summed E-state index contributed by atoms with van der Waals surface area (Å²) in [4.78, 5) is 19.1. The maximum Gasteiger partial charge on any atom is 0.255 e. The Hall–Kier alpha value is -2.27. The topological polar surface area (TPSA) is 54.5 Å². The van der Waals surface area contributed by atoms with Crippen LogP contribution >= 0.6 is 11.6 Å². The number of carbonyl (C=O) groups is 1. The zero-order chi connectivity index (χ0) is 19.5. The van der Waals surface area contributed by atoms with Crippen molar-refractivity contribution in [2.24, 2.45) is 5.92 Å². The number of anilines is 1. The van der Waals surface area contributed by atoms with E-state index in [-0.39, 0.29) is 11.9 Å². The predicted octanol–water partition coefficient (Wildman–Crippen LogP) is 4.93. The van der Waals surface area contributed by atoms with Crippen LogP contribution in [0.3, 0.4) is 0 Å². The SMILES string of the molecule is COc1ccc(C(Nc2ncc(C(=O)N3CCCCC3)cc2Cl)C2CC2)cc1. The van der Waals surface area contributed by atoms with E-state index in [0.29, 0.717) is 22.3 Å². The zero-order valence-electron chi connectivity index (χ0n) is 16.2. The van der Waals surface area contributed by atoms with Gasteiger partial charge in [0.15, 0.2) is 0 Å². The number of pyridine rings is 1. The second kappa shape index (κ2) is 8.39. The first-order chi connectivity index (χ1) is 13.7. The Morgan fingerprint density at radius 2 is 1.93 bits per heavy atom. The number of hydrogen-bond acceptors (Lipinski definition) is 4. The molecule has 4 rings (SSSR count). The fourth-order valence-electron chi connectivity index (χ4n) is 3.80. The van der Waals surface area contributed by atoms with Crippen LogP contribution in [0.1, 0.15) is 54.1 Å². The maximum atomic E-state index is 12.7. The van der Waals surface area contributed by atoms with E-state index < -0.39 is 0 Å². The summed E-state index contributed by atoms with van der Waals surface area (Å²) in [6.07, 6.45) is 7.34. The van der Waals surface area contributed by atoms with Crippen LogP contribution in [0.5, 0.6) is 5.75 Å². The van der Waals surface area contributed by atoms with Gasteiger partial charge in [0, 0.05) is 19.3 Å². The van der Waals surface area contributed by atoms with Crippen molar-refractivity contribution in [2.75, 3.05) is 25.5 Å². The van der Waals surface area contributed by atoms with Crippen LogP contribution in [0.2, 0.25) is 5.02 Å². The molecule has 1 saturated carbocycles. The molecule has 1 aliphatic heterocycles. The summed E-state index contributed by atoms with van der Waals surface area (Å²) < 4.78 is 5.26. The highest BCUT2D eigenvalue weighted by molar-refractivity contribution is 6.33. The van der Waals surface area contributed by atoms with Gasteiger partial charge in [0.05, 0.1) is 23.7 Å². The molecule has 2 fully saturated rings. The molecule has 1 aromatic heterocycles. The predicted molar refractivity (Wildman–Crippen MR) is 111 cm³/mol. The molecule has 2 heterocycles. The number of hydrogen-bond donors (Lipinski definition) is 1. The number of aromatic nitrogens is 1. The molecule has 1 unspecified atom stereocenters. The quantitative estimate of drug-likeness (QED) is 0.748. The highest BCUT2D eigenvalue weighted by Gasteiger charge is 2.33. The van der Waals surface area contributed by atoms with Crippen molar-refractivity contribution in [1.29, 1.82) is 0 Å². The van der Waals surface area contributed by atoms with Gasteiger partial charge < -0.3 is 15.0 Å². The molecule has 1 atom stereocenters. The average molecular weight is 400 g/mol. The van der Waals surface area contributed by atoms with Gasteiger partial charge in [0.1, 0.15) is 11.6 Å². The number of piperidine rings is 1. The molecule has 1 aliphatic carbocycles. The van der Waals surface area contributed by atoms with Crippen molar-refractivity contribution in [3.8, 4) is 5.75 Å². The molecule has 1 aromatic carbocycles. The largest absolute Gasteiger partial charge is 0.497 e. The van der Waals surface area contributed by atoms with Crippen molar-refractivity contribution in [2.45, 2.75) is 38.1 Å². The highest BCUT2D eigenvalue weighted by Crippen LogP contribution is 2.43. The molecule has 1 N–H and O–H groups in total. The minimum Gasteiger partial charge on any atom is -0.497 e. The van der Waals surface area contributed by atoms with E-state index in [9.17, 15) is 4.79 Å². The van der Waals surface area contributed by atoms with Crippen molar-refractivity contribution >= 4 is 23.3 Å². The van der Waals surface area contributed by atoms with Gasteiger partial charge in [-0.05, 0) is 61.8 Å². The summed E-state index contributed by atoms with van der Waals surface area (Å²) in [6.45, 7) is 1.63. The molecule has 5 nitrogen and oxygen atoms in total. The molecule has 148 valence electrons. The number of benzene rings is 1. The number of carbonyl (C=O) groups excluding carboxylic acids is 1. The third kappa shape index (κ3) is 4.25.